The standard InChI is InChI=1S/C13H20BrN3O/c1-13(2,12(15)17-18)8-5-9-16-11-7-4-3-6-10(11)14/h3-4,6-7,16,18H,5,8-9H2,1-2H3,(H2,15,17). The van der Waals surface area contributed by atoms with Crippen LogP contribution in [0.4, 0.5) is 5.69 Å². The van der Waals surface area contributed by atoms with Gasteiger partial charge in [-0.25, -0.2) is 0 Å². The Morgan fingerprint density at radius 2 is 2.11 bits per heavy atom. The number of nitrogens with zero attached hydrogens (tertiary/aromatic N) is 1. The van der Waals surface area contributed by atoms with Gasteiger partial charge in [0.25, 0.3) is 0 Å². The van der Waals surface area contributed by atoms with Gasteiger partial charge in [-0.05, 0) is 40.9 Å². The fourth-order valence-corrected chi connectivity index (χ4v) is 2.05. The zero-order chi connectivity index (χ0) is 13.6. The molecule has 0 radical (unpaired) electrons. The summed E-state index contributed by atoms with van der Waals surface area (Å²) in [4.78, 5) is 0. The van der Waals surface area contributed by atoms with Gasteiger partial charge in [0.2, 0.25) is 0 Å². The Labute approximate surface area is 116 Å². The summed E-state index contributed by atoms with van der Waals surface area (Å²) in [7, 11) is 0. The van der Waals surface area contributed by atoms with Crippen molar-refractivity contribution in [1.29, 1.82) is 0 Å². The summed E-state index contributed by atoms with van der Waals surface area (Å²) >= 11 is 3.49. The summed E-state index contributed by atoms with van der Waals surface area (Å²) in [6, 6.07) is 8.01. The van der Waals surface area contributed by atoms with E-state index in [0.29, 0.717) is 0 Å². The van der Waals surface area contributed by atoms with Crippen LogP contribution in [0.1, 0.15) is 26.7 Å². The topological polar surface area (TPSA) is 70.6 Å². The highest BCUT2D eigenvalue weighted by atomic mass is 79.9. The largest absolute Gasteiger partial charge is 0.409 e. The van der Waals surface area contributed by atoms with Crippen molar-refractivity contribution >= 4 is 27.5 Å². The minimum absolute atomic E-state index is 0.273. The first-order chi connectivity index (χ1) is 8.47. The molecule has 0 fully saturated rings. The summed E-state index contributed by atoms with van der Waals surface area (Å²) < 4.78 is 1.06. The quantitative estimate of drug-likeness (QED) is 0.248. The third-order valence-electron chi connectivity index (χ3n) is 2.97. The molecule has 0 aliphatic rings. The number of hydrogen-bond donors (Lipinski definition) is 3. The van der Waals surface area contributed by atoms with Gasteiger partial charge in [-0.15, -0.1) is 0 Å². The number of hydrogen-bond acceptors (Lipinski definition) is 3. The van der Waals surface area contributed by atoms with Crippen LogP contribution < -0.4 is 11.1 Å². The number of nitrogens with two attached hydrogens (primary N) is 1. The Morgan fingerprint density at radius 3 is 2.72 bits per heavy atom. The lowest BCUT2D eigenvalue weighted by molar-refractivity contribution is 0.305. The summed E-state index contributed by atoms with van der Waals surface area (Å²) in [6.45, 7) is 4.80. The maximum atomic E-state index is 8.68. The summed E-state index contributed by atoms with van der Waals surface area (Å²) in [5.74, 6) is 0.281. The van der Waals surface area contributed by atoms with E-state index in [4.69, 9.17) is 10.9 Å². The molecule has 4 N–H and O–H groups in total. The van der Waals surface area contributed by atoms with Gasteiger partial charge in [0.15, 0.2) is 0 Å². The van der Waals surface area contributed by atoms with Crippen molar-refractivity contribution in [2.45, 2.75) is 26.7 Å². The molecule has 4 nitrogen and oxygen atoms in total. The predicted octanol–water partition coefficient (Wildman–Crippen LogP) is 3.41. The van der Waals surface area contributed by atoms with E-state index in [1.165, 1.54) is 0 Å². The minimum atomic E-state index is -0.273. The molecule has 1 aromatic carbocycles. The van der Waals surface area contributed by atoms with Crippen molar-refractivity contribution in [3.05, 3.63) is 28.7 Å². The van der Waals surface area contributed by atoms with Gasteiger partial charge >= 0.3 is 0 Å². The fraction of sp³-hybridized carbons (Fsp3) is 0.462. The third-order valence-corrected chi connectivity index (χ3v) is 3.66. The van der Waals surface area contributed by atoms with Crippen LogP contribution in [0.3, 0.4) is 0 Å². The summed E-state index contributed by atoms with van der Waals surface area (Å²) in [5, 5.41) is 15.1. The van der Waals surface area contributed by atoms with Crippen LogP contribution >= 0.6 is 15.9 Å². The molecule has 0 bridgehead atoms. The molecule has 0 spiro atoms. The first kappa shape index (κ1) is 14.8. The van der Waals surface area contributed by atoms with E-state index in [-0.39, 0.29) is 11.3 Å². The zero-order valence-corrected chi connectivity index (χ0v) is 12.4. The van der Waals surface area contributed by atoms with Gasteiger partial charge in [0.05, 0.1) is 0 Å². The lowest BCUT2D eigenvalue weighted by Crippen LogP contribution is -2.32. The van der Waals surface area contributed by atoms with Crippen molar-refractivity contribution < 1.29 is 5.21 Å². The third kappa shape index (κ3) is 4.22. The van der Waals surface area contributed by atoms with Crippen LogP contribution in [0.5, 0.6) is 0 Å². The molecule has 100 valence electrons. The Bertz CT molecular complexity index is 418. The highest BCUT2D eigenvalue weighted by Crippen LogP contribution is 2.24. The smallest absolute Gasteiger partial charge is 0.144 e. The van der Waals surface area contributed by atoms with Gasteiger partial charge in [0.1, 0.15) is 5.84 Å². The van der Waals surface area contributed by atoms with Crippen molar-refractivity contribution in [2.24, 2.45) is 16.3 Å². The van der Waals surface area contributed by atoms with Crippen molar-refractivity contribution in [1.82, 2.24) is 0 Å². The van der Waals surface area contributed by atoms with Crippen molar-refractivity contribution in [2.75, 3.05) is 11.9 Å². The summed E-state index contributed by atoms with van der Waals surface area (Å²) in [6.07, 6.45) is 1.81. The van der Waals surface area contributed by atoms with Crippen LogP contribution in [0.15, 0.2) is 33.9 Å². The number of nitrogens with one attached hydrogen (secondary N) is 1. The average molecular weight is 314 g/mol. The predicted molar refractivity (Wildman–Crippen MR) is 79.1 cm³/mol. The van der Waals surface area contributed by atoms with Gasteiger partial charge in [0, 0.05) is 22.1 Å². The first-order valence-corrected chi connectivity index (χ1v) is 6.73. The van der Waals surface area contributed by atoms with E-state index in [2.05, 4.69) is 26.4 Å². The minimum Gasteiger partial charge on any atom is -0.409 e. The molecule has 0 unspecified atom stereocenters. The summed E-state index contributed by atoms with van der Waals surface area (Å²) in [5.41, 5.74) is 6.45. The molecule has 0 aliphatic heterocycles. The molecule has 5 heteroatoms. The van der Waals surface area contributed by atoms with Gasteiger partial charge < -0.3 is 16.3 Å². The highest BCUT2D eigenvalue weighted by Gasteiger charge is 2.22. The van der Waals surface area contributed by atoms with Crippen LogP contribution in [0.2, 0.25) is 0 Å². The second-order valence-electron chi connectivity index (χ2n) is 4.88. The molecular weight excluding hydrogens is 294 g/mol. The second kappa shape index (κ2) is 6.64. The molecule has 0 saturated heterocycles. The number of rotatable bonds is 6. The average Bonchev–Trinajstić information content (AvgIpc) is 2.35. The lowest BCUT2D eigenvalue weighted by Gasteiger charge is -2.22. The Morgan fingerprint density at radius 1 is 1.44 bits per heavy atom. The first-order valence-electron chi connectivity index (χ1n) is 5.94. The molecule has 18 heavy (non-hydrogen) atoms. The molecule has 1 rings (SSSR count). The van der Waals surface area contributed by atoms with Gasteiger partial charge in [-0.3, -0.25) is 0 Å². The van der Waals surface area contributed by atoms with Crippen molar-refractivity contribution in [3.8, 4) is 0 Å². The Balaban J connectivity index is 2.38. The monoisotopic (exact) mass is 313 g/mol. The van der Waals surface area contributed by atoms with E-state index in [1.54, 1.807) is 0 Å². The van der Waals surface area contributed by atoms with Gasteiger partial charge in [-0.2, -0.15) is 0 Å². The number of benzene rings is 1. The number of anilines is 1. The van der Waals surface area contributed by atoms with Crippen molar-refractivity contribution in [3.63, 3.8) is 0 Å². The molecule has 0 amide bonds. The molecule has 0 atom stereocenters. The number of para-hydroxylation sites is 1. The number of amidine groups is 1. The molecular formula is C13H20BrN3O. The van der Waals surface area contributed by atoms with Crippen LogP contribution in [0, 0.1) is 5.41 Å². The molecule has 0 aromatic heterocycles. The molecule has 0 saturated carbocycles. The van der Waals surface area contributed by atoms with E-state index < -0.39 is 0 Å². The maximum absolute atomic E-state index is 8.68. The number of halogens is 1. The van der Waals surface area contributed by atoms with E-state index in [1.807, 2.05) is 38.1 Å². The zero-order valence-electron chi connectivity index (χ0n) is 10.8. The fourth-order valence-electron chi connectivity index (χ4n) is 1.62. The Hall–Kier alpha value is -1.23. The van der Waals surface area contributed by atoms with Crippen LogP contribution in [-0.4, -0.2) is 17.6 Å². The maximum Gasteiger partial charge on any atom is 0.144 e. The molecule has 0 aliphatic carbocycles. The van der Waals surface area contributed by atoms with E-state index in [0.717, 1.165) is 29.5 Å². The molecule has 0 heterocycles. The lowest BCUT2D eigenvalue weighted by atomic mass is 9.86. The Kier molecular flexibility index (Phi) is 5.47. The van der Waals surface area contributed by atoms with E-state index in [9.17, 15) is 0 Å². The van der Waals surface area contributed by atoms with E-state index >= 15 is 0 Å². The van der Waals surface area contributed by atoms with Crippen LogP contribution in [0.25, 0.3) is 0 Å². The molecule has 1 aromatic rings. The van der Waals surface area contributed by atoms with Gasteiger partial charge in [-0.1, -0.05) is 31.1 Å². The SMILES string of the molecule is CC(C)(CCCNc1ccccc1Br)C(N)=NO. The second-order valence-corrected chi connectivity index (χ2v) is 5.73. The number of oxime groups is 1. The van der Waals surface area contributed by atoms with Crippen LogP contribution in [-0.2, 0) is 0 Å². The normalized spacial score (nSPS) is 12.5. The highest BCUT2D eigenvalue weighted by molar-refractivity contribution is 9.10.